The van der Waals surface area contributed by atoms with E-state index in [-0.39, 0.29) is 6.04 Å². The molecule has 2 heterocycles. The average Bonchev–Trinajstić information content (AvgIpc) is 2.66. The van der Waals surface area contributed by atoms with Crippen molar-refractivity contribution in [3.8, 4) is 0 Å². The summed E-state index contributed by atoms with van der Waals surface area (Å²) < 4.78 is 25.1. The van der Waals surface area contributed by atoms with Gasteiger partial charge in [-0.05, 0) is 61.4 Å². The highest BCUT2D eigenvalue weighted by Gasteiger charge is 2.24. The van der Waals surface area contributed by atoms with Gasteiger partial charge in [0.15, 0.2) is 0 Å². The molecule has 0 radical (unpaired) electrons. The van der Waals surface area contributed by atoms with E-state index < -0.39 is 10.0 Å². The predicted molar refractivity (Wildman–Crippen MR) is 107 cm³/mol. The van der Waals surface area contributed by atoms with Gasteiger partial charge < -0.3 is 10.6 Å². The molecule has 2 N–H and O–H groups in total. The molecule has 27 heavy (non-hydrogen) atoms. The Bertz CT molecular complexity index is 745. The van der Waals surface area contributed by atoms with Gasteiger partial charge in [0.1, 0.15) is 0 Å². The second kappa shape index (κ2) is 9.17. The molecule has 1 atom stereocenters. The highest BCUT2D eigenvalue weighted by molar-refractivity contribution is 7.88. The zero-order valence-electron chi connectivity index (χ0n) is 16.1. The molecule has 0 bridgehead atoms. The summed E-state index contributed by atoms with van der Waals surface area (Å²) in [5.41, 5.74) is 3.39. The fraction of sp³-hybridized carbons (Fsp3) is 0.650. The van der Waals surface area contributed by atoms with Crippen LogP contribution in [0.1, 0.15) is 54.8 Å². The number of fused-ring (bicyclic) bond motifs is 1. The largest absolute Gasteiger partial charge is 0.352 e. The molecule has 150 valence electrons. The highest BCUT2D eigenvalue weighted by atomic mass is 32.2. The van der Waals surface area contributed by atoms with Gasteiger partial charge in [0.2, 0.25) is 16.4 Å². The first-order chi connectivity index (χ1) is 13.0. The number of amides is 1. The van der Waals surface area contributed by atoms with Gasteiger partial charge in [-0.25, -0.2) is 8.42 Å². The quantitative estimate of drug-likeness (QED) is 0.662. The summed E-state index contributed by atoms with van der Waals surface area (Å²) in [6, 6.07) is 6.24. The van der Waals surface area contributed by atoms with Crippen molar-refractivity contribution in [2.75, 3.05) is 25.9 Å². The van der Waals surface area contributed by atoms with E-state index in [0.717, 1.165) is 55.8 Å². The van der Waals surface area contributed by atoms with E-state index in [1.165, 1.54) is 35.4 Å². The van der Waals surface area contributed by atoms with Crippen LogP contribution in [0.4, 0.5) is 0 Å². The second-order valence-corrected chi connectivity index (χ2v) is 9.82. The van der Waals surface area contributed by atoms with Gasteiger partial charge in [-0.15, -0.1) is 0 Å². The Hall–Kier alpha value is -1.44. The Morgan fingerprint density at radius 3 is 2.78 bits per heavy atom. The van der Waals surface area contributed by atoms with E-state index >= 15 is 0 Å². The number of nitrogens with zero attached hydrogens (tertiary/aromatic N) is 1. The molecule has 1 unspecified atom stereocenters. The normalized spacial score (nSPS) is 20.0. The number of hydrogen-bond acceptors (Lipinski definition) is 4. The fourth-order valence-electron chi connectivity index (χ4n) is 4.26. The third kappa shape index (κ3) is 5.53. The highest BCUT2D eigenvalue weighted by Crippen LogP contribution is 2.28. The Labute approximate surface area is 162 Å². The van der Waals surface area contributed by atoms with Gasteiger partial charge in [-0.3, -0.25) is 4.79 Å². The van der Waals surface area contributed by atoms with Crippen LogP contribution in [0.25, 0.3) is 0 Å². The van der Waals surface area contributed by atoms with E-state index in [0.29, 0.717) is 13.1 Å². The maximum Gasteiger partial charge on any atom is 0.211 e. The van der Waals surface area contributed by atoms with E-state index in [1.807, 2.05) is 12.1 Å². The van der Waals surface area contributed by atoms with E-state index in [4.69, 9.17) is 0 Å². The van der Waals surface area contributed by atoms with Crippen molar-refractivity contribution < 1.29 is 13.2 Å². The molecule has 1 aromatic carbocycles. The van der Waals surface area contributed by atoms with Crippen LogP contribution in [-0.2, 0) is 27.8 Å². The summed E-state index contributed by atoms with van der Waals surface area (Å²) in [4.78, 5) is 11.1. The standard InChI is InChI=1S/C20H31N3O3S/c1-27(25,26)23-12-9-17-13-18(5-6-19(17)14-23)20(22-15-24)4-2-3-16-7-10-21-11-8-16/h5-6,13,15-16,20-21H,2-4,7-12,14H2,1H3,(H,22,24). The van der Waals surface area contributed by atoms with Crippen LogP contribution >= 0.6 is 0 Å². The van der Waals surface area contributed by atoms with Crippen LogP contribution in [0.15, 0.2) is 18.2 Å². The minimum absolute atomic E-state index is 0.0300. The van der Waals surface area contributed by atoms with Gasteiger partial charge in [0.05, 0.1) is 12.3 Å². The maximum absolute atomic E-state index is 11.8. The molecule has 2 aliphatic rings. The smallest absolute Gasteiger partial charge is 0.211 e. The van der Waals surface area contributed by atoms with Crippen molar-refractivity contribution in [3.05, 3.63) is 34.9 Å². The predicted octanol–water partition coefficient (Wildman–Crippen LogP) is 1.96. The third-order valence-electron chi connectivity index (χ3n) is 5.91. The van der Waals surface area contributed by atoms with E-state index in [9.17, 15) is 13.2 Å². The lowest BCUT2D eigenvalue weighted by molar-refractivity contribution is -0.110. The Kier molecular flexibility index (Phi) is 6.89. The fourth-order valence-corrected chi connectivity index (χ4v) is 5.05. The number of sulfonamides is 1. The van der Waals surface area contributed by atoms with Crippen LogP contribution < -0.4 is 10.6 Å². The molecule has 1 aromatic rings. The van der Waals surface area contributed by atoms with E-state index in [2.05, 4.69) is 16.7 Å². The Morgan fingerprint density at radius 1 is 1.30 bits per heavy atom. The molecule has 6 nitrogen and oxygen atoms in total. The monoisotopic (exact) mass is 393 g/mol. The van der Waals surface area contributed by atoms with Gasteiger partial charge >= 0.3 is 0 Å². The van der Waals surface area contributed by atoms with Crippen LogP contribution in [0.3, 0.4) is 0 Å². The van der Waals surface area contributed by atoms with Crippen molar-refractivity contribution in [1.82, 2.24) is 14.9 Å². The lowest BCUT2D eigenvalue weighted by atomic mass is 9.89. The van der Waals surface area contributed by atoms with Crippen LogP contribution in [0, 0.1) is 5.92 Å². The lowest BCUT2D eigenvalue weighted by Crippen LogP contribution is -2.35. The van der Waals surface area contributed by atoms with Crippen molar-refractivity contribution in [3.63, 3.8) is 0 Å². The first-order valence-corrected chi connectivity index (χ1v) is 11.8. The van der Waals surface area contributed by atoms with Crippen LogP contribution in [0.2, 0.25) is 0 Å². The van der Waals surface area contributed by atoms with E-state index in [1.54, 1.807) is 0 Å². The first kappa shape index (κ1) is 20.3. The molecule has 0 aromatic heterocycles. The summed E-state index contributed by atoms with van der Waals surface area (Å²) in [6.45, 7) is 3.21. The maximum atomic E-state index is 11.8. The summed E-state index contributed by atoms with van der Waals surface area (Å²) in [6.07, 6.45) is 8.54. The minimum atomic E-state index is -3.16. The molecule has 0 spiro atoms. The first-order valence-electron chi connectivity index (χ1n) is 9.94. The zero-order chi connectivity index (χ0) is 19.3. The molecule has 0 saturated carbocycles. The van der Waals surface area contributed by atoms with Crippen molar-refractivity contribution >= 4 is 16.4 Å². The molecule has 2 aliphatic heterocycles. The Morgan fingerprint density at radius 2 is 2.07 bits per heavy atom. The van der Waals surface area contributed by atoms with Gasteiger partial charge in [-0.1, -0.05) is 31.0 Å². The molecule has 1 saturated heterocycles. The van der Waals surface area contributed by atoms with Crippen molar-refractivity contribution in [1.29, 1.82) is 0 Å². The van der Waals surface area contributed by atoms with Crippen molar-refractivity contribution in [2.24, 2.45) is 5.92 Å². The SMILES string of the molecule is CS(=O)(=O)N1CCc2cc(C(CCCC3CCNCC3)NC=O)ccc2C1. The molecular weight excluding hydrogens is 362 g/mol. The molecular formula is C20H31N3O3S. The topological polar surface area (TPSA) is 78.5 Å². The average molecular weight is 394 g/mol. The number of carbonyl (C=O) groups is 1. The lowest BCUT2D eigenvalue weighted by Gasteiger charge is -2.28. The molecule has 0 aliphatic carbocycles. The number of nitrogens with one attached hydrogen (secondary N) is 2. The molecule has 3 rings (SSSR count). The van der Waals surface area contributed by atoms with Gasteiger partial charge in [0.25, 0.3) is 0 Å². The summed E-state index contributed by atoms with van der Waals surface area (Å²) in [5.74, 6) is 0.800. The second-order valence-electron chi connectivity index (χ2n) is 7.84. The molecule has 7 heteroatoms. The number of hydrogen-bond donors (Lipinski definition) is 2. The summed E-state index contributed by atoms with van der Waals surface area (Å²) >= 11 is 0. The number of rotatable bonds is 8. The van der Waals surface area contributed by atoms with Gasteiger partial charge in [0, 0.05) is 13.1 Å². The Balaban J connectivity index is 1.63. The molecule has 1 amide bonds. The number of carbonyl (C=O) groups excluding carboxylic acids is 1. The summed E-state index contributed by atoms with van der Waals surface area (Å²) in [7, 11) is -3.16. The van der Waals surface area contributed by atoms with Crippen LogP contribution in [-0.4, -0.2) is 45.0 Å². The minimum Gasteiger partial charge on any atom is -0.352 e. The number of benzene rings is 1. The molecule has 1 fully saturated rings. The summed E-state index contributed by atoms with van der Waals surface area (Å²) in [5, 5.41) is 6.38. The van der Waals surface area contributed by atoms with Crippen LogP contribution in [0.5, 0.6) is 0 Å². The zero-order valence-corrected chi connectivity index (χ0v) is 16.9. The van der Waals surface area contributed by atoms with Gasteiger partial charge in [-0.2, -0.15) is 4.31 Å². The third-order valence-corrected chi connectivity index (χ3v) is 7.16. The number of piperidine rings is 1. The van der Waals surface area contributed by atoms with Crippen molar-refractivity contribution in [2.45, 2.75) is 51.1 Å².